The molecule has 1 saturated carbocycles. The van der Waals surface area contributed by atoms with E-state index in [1.165, 1.54) is 6.08 Å². The number of rotatable bonds is 2. The van der Waals surface area contributed by atoms with E-state index in [4.69, 9.17) is 0 Å². The second kappa shape index (κ2) is 3.39. The summed E-state index contributed by atoms with van der Waals surface area (Å²) in [5, 5.41) is 0. The largest absolute Gasteiger partial charge is 0.310 e. The Morgan fingerprint density at radius 2 is 2.41 bits per heavy atom. The number of carbonyl (C=O) groups is 1. The zero-order valence-corrected chi connectivity index (χ0v) is 9.61. The molecule has 1 aromatic heterocycles. The summed E-state index contributed by atoms with van der Waals surface area (Å²) >= 11 is 0. The SMILES string of the molecule is C=Cc1ncc(N2C[C@H]3C[C@H]3C2=O)c(C)c1F. The summed E-state index contributed by atoms with van der Waals surface area (Å²) in [6, 6.07) is 0. The Bertz CT molecular complexity index is 526. The van der Waals surface area contributed by atoms with Gasteiger partial charge in [-0.3, -0.25) is 9.78 Å². The first-order valence-electron chi connectivity index (χ1n) is 5.72. The molecule has 3 rings (SSSR count). The van der Waals surface area contributed by atoms with Crippen LogP contribution in [0.25, 0.3) is 6.08 Å². The number of piperidine rings is 1. The molecule has 88 valence electrons. The summed E-state index contributed by atoms with van der Waals surface area (Å²) < 4.78 is 13.9. The van der Waals surface area contributed by atoms with Crippen molar-refractivity contribution in [2.24, 2.45) is 11.8 Å². The molecule has 0 radical (unpaired) electrons. The van der Waals surface area contributed by atoms with Crippen molar-refractivity contribution in [3.63, 3.8) is 0 Å². The number of pyridine rings is 1. The van der Waals surface area contributed by atoms with Crippen LogP contribution in [0.5, 0.6) is 0 Å². The van der Waals surface area contributed by atoms with Gasteiger partial charge >= 0.3 is 0 Å². The van der Waals surface area contributed by atoms with E-state index < -0.39 is 0 Å². The van der Waals surface area contributed by atoms with Gasteiger partial charge in [-0.05, 0) is 25.3 Å². The van der Waals surface area contributed by atoms with Crippen LogP contribution in [0, 0.1) is 24.6 Å². The lowest BCUT2D eigenvalue weighted by Gasteiger charge is -2.20. The van der Waals surface area contributed by atoms with Gasteiger partial charge in [-0.15, -0.1) is 0 Å². The van der Waals surface area contributed by atoms with Gasteiger partial charge in [0.15, 0.2) is 5.82 Å². The van der Waals surface area contributed by atoms with Gasteiger partial charge in [0, 0.05) is 18.0 Å². The molecule has 1 aliphatic heterocycles. The van der Waals surface area contributed by atoms with Crippen LogP contribution in [0.4, 0.5) is 10.1 Å². The fourth-order valence-corrected chi connectivity index (χ4v) is 2.50. The highest BCUT2D eigenvalue weighted by Gasteiger charge is 2.52. The van der Waals surface area contributed by atoms with E-state index in [9.17, 15) is 9.18 Å². The van der Waals surface area contributed by atoms with E-state index >= 15 is 0 Å². The van der Waals surface area contributed by atoms with Crippen molar-refractivity contribution in [1.82, 2.24) is 4.98 Å². The fraction of sp³-hybridized carbons (Fsp3) is 0.385. The monoisotopic (exact) mass is 232 g/mol. The number of hydrogen-bond acceptors (Lipinski definition) is 2. The van der Waals surface area contributed by atoms with E-state index in [1.54, 1.807) is 18.0 Å². The van der Waals surface area contributed by atoms with Gasteiger partial charge in [0.25, 0.3) is 0 Å². The van der Waals surface area contributed by atoms with E-state index in [0.29, 0.717) is 23.7 Å². The quantitative estimate of drug-likeness (QED) is 0.782. The molecule has 2 atom stereocenters. The van der Waals surface area contributed by atoms with Gasteiger partial charge < -0.3 is 4.90 Å². The maximum Gasteiger partial charge on any atom is 0.230 e. The molecular weight excluding hydrogens is 219 g/mol. The predicted molar refractivity (Wildman–Crippen MR) is 63.0 cm³/mol. The van der Waals surface area contributed by atoms with Crippen LogP contribution in [0.3, 0.4) is 0 Å². The molecule has 0 unspecified atom stereocenters. The molecule has 3 nitrogen and oxygen atoms in total. The molecule has 0 spiro atoms. The van der Waals surface area contributed by atoms with Gasteiger partial charge in [0.05, 0.1) is 17.6 Å². The first-order valence-corrected chi connectivity index (χ1v) is 5.72. The number of fused-ring (bicyclic) bond motifs is 1. The summed E-state index contributed by atoms with van der Waals surface area (Å²) in [4.78, 5) is 17.6. The molecule has 2 fully saturated rings. The Labute approximate surface area is 99.0 Å². The standard InChI is InChI=1S/C13H13FN2O/c1-3-10-12(14)7(2)11(5-15-10)16-6-8-4-9(8)13(16)17/h3,5,8-9H,1,4,6H2,2H3/t8-,9-/m1/s1. The fourth-order valence-electron chi connectivity index (χ4n) is 2.50. The third-order valence-corrected chi connectivity index (χ3v) is 3.67. The smallest absolute Gasteiger partial charge is 0.230 e. The number of hydrogen-bond donors (Lipinski definition) is 0. The van der Waals surface area contributed by atoms with Crippen molar-refractivity contribution >= 4 is 17.7 Å². The number of carbonyl (C=O) groups excluding carboxylic acids is 1. The van der Waals surface area contributed by atoms with Gasteiger partial charge in [-0.2, -0.15) is 0 Å². The van der Waals surface area contributed by atoms with Crippen LogP contribution in [-0.2, 0) is 4.79 Å². The highest BCUT2D eigenvalue weighted by atomic mass is 19.1. The molecule has 1 saturated heterocycles. The van der Waals surface area contributed by atoms with E-state index in [1.807, 2.05) is 0 Å². The van der Waals surface area contributed by atoms with E-state index in [2.05, 4.69) is 11.6 Å². The average Bonchev–Trinajstić information content (AvgIpc) is 3.02. The first-order chi connectivity index (χ1) is 8.13. The number of amides is 1. The Morgan fingerprint density at radius 1 is 1.65 bits per heavy atom. The molecule has 2 aliphatic rings. The topological polar surface area (TPSA) is 33.2 Å². The van der Waals surface area contributed by atoms with E-state index in [-0.39, 0.29) is 23.3 Å². The average molecular weight is 232 g/mol. The van der Waals surface area contributed by atoms with Crippen LogP contribution in [0.1, 0.15) is 17.7 Å². The number of halogens is 1. The lowest BCUT2D eigenvalue weighted by Crippen LogP contribution is -2.29. The number of nitrogens with zero attached hydrogens (tertiary/aromatic N) is 2. The van der Waals surface area contributed by atoms with Crippen LogP contribution >= 0.6 is 0 Å². The van der Waals surface area contributed by atoms with Crippen molar-refractivity contribution < 1.29 is 9.18 Å². The highest BCUT2D eigenvalue weighted by molar-refractivity contribution is 6.00. The lowest BCUT2D eigenvalue weighted by molar-refractivity contribution is -0.118. The Hall–Kier alpha value is -1.71. The van der Waals surface area contributed by atoms with Crippen molar-refractivity contribution in [3.05, 3.63) is 29.9 Å². The number of aromatic nitrogens is 1. The molecule has 1 aromatic rings. The van der Waals surface area contributed by atoms with Crippen molar-refractivity contribution in [1.29, 1.82) is 0 Å². The molecule has 1 aliphatic carbocycles. The summed E-state index contributed by atoms with van der Waals surface area (Å²) in [5.74, 6) is 0.386. The molecule has 1 amide bonds. The number of anilines is 1. The second-order valence-corrected chi connectivity index (χ2v) is 4.72. The van der Waals surface area contributed by atoms with Gasteiger partial charge in [0.1, 0.15) is 0 Å². The predicted octanol–water partition coefficient (Wildman–Crippen LogP) is 2.15. The van der Waals surface area contributed by atoms with Crippen LogP contribution in [0.2, 0.25) is 0 Å². The minimum atomic E-state index is -0.383. The zero-order chi connectivity index (χ0) is 12.2. The van der Waals surface area contributed by atoms with Crippen molar-refractivity contribution in [3.8, 4) is 0 Å². The molecule has 0 N–H and O–H groups in total. The molecule has 2 heterocycles. The van der Waals surface area contributed by atoms with Crippen molar-refractivity contribution in [2.45, 2.75) is 13.3 Å². The van der Waals surface area contributed by atoms with Gasteiger partial charge in [-0.25, -0.2) is 4.39 Å². The molecular formula is C13H13FN2O. The van der Waals surface area contributed by atoms with Crippen LogP contribution in [-0.4, -0.2) is 17.4 Å². The summed E-state index contributed by atoms with van der Waals surface area (Å²) in [6.07, 6.45) is 3.95. The Kier molecular flexibility index (Phi) is 2.08. The van der Waals surface area contributed by atoms with Gasteiger partial charge in [0.2, 0.25) is 5.91 Å². The Morgan fingerprint density at radius 3 is 3.00 bits per heavy atom. The third-order valence-electron chi connectivity index (χ3n) is 3.67. The Balaban J connectivity index is 2.01. The molecule has 4 heteroatoms. The van der Waals surface area contributed by atoms with Gasteiger partial charge in [-0.1, -0.05) is 6.58 Å². The first kappa shape index (κ1) is 10.4. The minimum absolute atomic E-state index is 0.116. The molecule has 17 heavy (non-hydrogen) atoms. The summed E-state index contributed by atoms with van der Waals surface area (Å²) in [5.41, 5.74) is 1.32. The van der Waals surface area contributed by atoms with Crippen molar-refractivity contribution in [2.75, 3.05) is 11.4 Å². The maximum atomic E-state index is 13.9. The highest BCUT2D eigenvalue weighted by Crippen LogP contribution is 2.47. The molecule has 0 bridgehead atoms. The lowest BCUT2D eigenvalue weighted by atomic mass is 10.1. The minimum Gasteiger partial charge on any atom is -0.310 e. The second-order valence-electron chi connectivity index (χ2n) is 4.72. The van der Waals surface area contributed by atoms with E-state index in [0.717, 1.165) is 6.42 Å². The maximum absolute atomic E-state index is 13.9. The van der Waals surface area contributed by atoms with Crippen LogP contribution < -0.4 is 4.90 Å². The summed E-state index contributed by atoms with van der Waals surface area (Å²) in [6.45, 7) is 5.90. The third kappa shape index (κ3) is 1.40. The molecule has 0 aromatic carbocycles. The summed E-state index contributed by atoms with van der Waals surface area (Å²) in [7, 11) is 0. The van der Waals surface area contributed by atoms with Crippen LogP contribution in [0.15, 0.2) is 12.8 Å². The normalized spacial score (nSPS) is 26.0. The zero-order valence-electron chi connectivity index (χ0n) is 9.61.